The zero-order chi connectivity index (χ0) is 9.61. The van der Waals surface area contributed by atoms with Gasteiger partial charge < -0.3 is 5.11 Å². The van der Waals surface area contributed by atoms with Crippen molar-refractivity contribution in [1.29, 1.82) is 0 Å². The van der Waals surface area contributed by atoms with E-state index in [2.05, 4.69) is 38.7 Å². The maximum absolute atomic E-state index is 8.61. The zero-order valence-corrected chi connectivity index (χ0v) is 9.80. The van der Waals surface area contributed by atoms with Gasteiger partial charge >= 0.3 is 0 Å². The minimum Gasteiger partial charge on any atom is -0.396 e. The van der Waals surface area contributed by atoms with Gasteiger partial charge in [-0.3, -0.25) is 0 Å². The molecular formula is C10H22OSi. The topological polar surface area (TPSA) is 20.2 Å². The molecule has 1 N–H and O–H groups in total. The Labute approximate surface area is 77.5 Å². The first kappa shape index (κ1) is 11.9. The molecule has 0 spiro atoms. The highest BCUT2D eigenvalue weighted by Crippen LogP contribution is 2.26. The van der Waals surface area contributed by atoms with E-state index in [0.29, 0.717) is 0 Å². The summed E-state index contributed by atoms with van der Waals surface area (Å²) in [5.41, 5.74) is 0.768. The molecule has 0 aromatic carbocycles. The average molecular weight is 186 g/mol. The molecule has 0 saturated carbocycles. The van der Waals surface area contributed by atoms with Crippen LogP contribution in [-0.2, 0) is 0 Å². The van der Waals surface area contributed by atoms with Crippen molar-refractivity contribution in [1.82, 2.24) is 0 Å². The lowest BCUT2D eigenvalue weighted by Crippen LogP contribution is -2.26. The van der Waals surface area contributed by atoms with E-state index in [1.54, 1.807) is 0 Å². The van der Waals surface area contributed by atoms with E-state index >= 15 is 0 Å². The third-order valence-corrected chi connectivity index (χ3v) is 5.04. The Kier molecular flexibility index (Phi) is 5.50. The van der Waals surface area contributed by atoms with Gasteiger partial charge in [-0.25, -0.2) is 0 Å². The Bertz CT molecular complexity index is 135. The highest BCUT2D eigenvalue weighted by Gasteiger charge is 2.21. The van der Waals surface area contributed by atoms with Crippen molar-refractivity contribution in [3.63, 3.8) is 0 Å². The molecule has 0 saturated heterocycles. The van der Waals surface area contributed by atoms with E-state index in [-0.39, 0.29) is 6.61 Å². The quantitative estimate of drug-likeness (QED) is 0.517. The van der Waals surface area contributed by atoms with Crippen molar-refractivity contribution in [3.8, 4) is 0 Å². The van der Waals surface area contributed by atoms with Crippen molar-refractivity contribution in [2.24, 2.45) is 0 Å². The first-order chi connectivity index (χ1) is 5.52. The highest BCUT2D eigenvalue weighted by atomic mass is 28.3. The van der Waals surface area contributed by atoms with Crippen LogP contribution in [0.3, 0.4) is 0 Å². The third-order valence-electron chi connectivity index (χ3n) is 2.22. The van der Waals surface area contributed by atoms with Crippen LogP contribution < -0.4 is 0 Å². The van der Waals surface area contributed by atoms with Gasteiger partial charge in [-0.2, -0.15) is 0 Å². The number of aliphatic hydroxyl groups excluding tert-OH is 1. The van der Waals surface area contributed by atoms with Gasteiger partial charge in [0.1, 0.15) is 0 Å². The van der Waals surface area contributed by atoms with Crippen molar-refractivity contribution < 1.29 is 5.11 Å². The Morgan fingerprint density at radius 1 is 1.33 bits per heavy atom. The van der Waals surface area contributed by atoms with Gasteiger partial charge in [0, 0.05) is 6.61 Å². The Morgan fingerprint density at radius 2 is 1.92 bits per heavy atom. The first-order valence-corrected chi connectivity index (χ1v) is 8.37. The maximum atomic E-state index is 8.61. The SMILES string of the molecule is CC[C@@H](/C=C/CCO)[Si](C)(C)C. The molecule has 1 atom stereocenters. The lowest BCUT2D eigenvalue weighted by atomic mass is 10.3. The molecular weight excluding hydrogens is 164 g/mol. The first-order valence-electron chi connectivity index (χ1n) is 4.80. The highest BCUT2D eigenvalue weighted by molar-refractivity contribution is 6.78. The predicted molar refractivity (Wildman–Crippen MR) is 58.2 cm³/mol. The molecule has 0 rings (SSSR count). The molecule has 0 aliphatic heterocycles. The molecule has 0 bridgehead atoms. The van der Waals surface area contributed by atoms with Gasteiger partial charge in [-0.15, -0.1) is 0 Å². The Morgan fingerprint density at radius 3 is 2.25 bits per heavy atom. The van der Waals surface area contributed by atoms with E-state index in [1.165, 1.54) is 6.42 Å². The standard InChI is InChI=1S/C10H22OSi/c1-5-10(12(2,3)4)8-6-7-9-11/h6,8,10-11H,5,7,9H2,1-4H3/b8-6+/t10-/m0/s1. The summed E-state index contributed by atoms with van der Waals surface area (Å²) in [4.78, 5) is 0. The van der Waals surface area contributed by atoms with E-state index in [4.69, 9.17) is 5.11 Å². The predicted octanol–water partition coefficient (Wildman–Crippen LogP) is 3.04. The summed E-state index contributed by atoms with van der Waals surface area (Å²) >= 11 is 0. The number of hydrogen-bond acceptors (Lipinski definition) is 1. The maximum Gasteiger partial charge on any atom is 0.0513 e. The molecule has 0 aliphatic rings. The molecule has 0 unspecified atom stereocenters. The van der Waals surface area contributed by atoms with Crippen LogP contribution in [0.2, 0.25) is 25.2 Å². The largest absolute Gasteiger partial charge is 0.396 e. The van der Waals surface area contributed by atoms with Gasteiger partial charge in [0.25, 0.3) is 0 Å². The molecule has 0 amide bonds. The monoisotopic (exact) mass is 186 g/mol. The number of rotatable bonds is 5. The Balaban J connectivity index is 4.00. The molecule has 2 heteroatoms. The summed E-state index contributed by atoms with van der Waals surface area (Å²) in [5.74, 6) is 0. The van der Waals surface area contributed by atoms with Gasteiger partial charge in [0.15, 0.2) is 0 Å². The van der Waals surface area contributed by atoms with Gasteiger partial charge in [0.2, 0.25) is 0 Å². The van der Waals surface area contributed by atoms with Crippen LogP contribution in [0.25, 0.3) is 0 Å². The number of aliphatic hydroxyl groups is 1. The minimum atomic E-state index is -1.01. The van der Waals surface area contributed by atoms with E-state index in [9.17, 15) is 0 Å². The molecule has 1 nitrogen and oxygen atoms in total. The fraction of sp³-hybridized carbons (Fsp3) is 0.800. The fourth-order valence-electron chi connectivity index (χ4n) is 1.37. The molecule has 0 aromatic rings. The van der Waals surface area contributed by atoms with Crippen molar-refractivity contribution in [2.75, 3.05) is 6.61 Å². The van der Waals surface area contributed by atoms with Crippen LogP contribution in [0, 0.1) is 0 Å². The normalized spacial score (nSPS) is 15.4. The van der Waals surface area contributed by atoms with E-state index in [0.717, 1.165) is 12.0 Å². The van der Waals surface area contributed by atoms with Crippen molar-refractivity contribution in [2.45, 2.75) is 44.9 Å². The summed E-state index contributed by atoms with van der Waals surface area (Å²) in [6.07, 6.45) is 6.45. The third kappa shape index (κ3) is 4.73. The van der Waals surface area contributed by atoms with Crippen molar-refractivity contribution >= 4 is 8.07 Å². The summed E-state index contributed by atoms with van der Waals surface area (Å²) in [6, 6.07) is 0. The molecule has 12 heavy (non-hydrogen) atoms. The smallest absolute Gasteiger partial charge is 0.0513 e. The molecule has 0 radical (unpaired) electrons. The average Bonchev–Trinajstić information content (AvgIpc) is 1.95. The van der Waals surface area contributed by atoms with Crippen LogP contribution in [0.4, 0.5) is 0 Å². The summed E-state index contributed by atoms with van der Waals surface area (Å²) < 4.78 is 0. The number of allylic oxidation sites excluding steroid dienone is 1. The fourth-order valence-corrected chi connectivity index (χ4v) is 3.31. The second-order valence-electron chi connectivity index (χ2n) is 4.32. The van der Waals surface area contributed by atoms with Gasteiger partial charge in [-0.1, -0.05) is 45.1 Å². The molecule has 0 aliphatic carbocycles. The van der Waals surface area contributed by atoms with Crippen LogP contribution in [0.1, 0.15) is 19.8 Å². The molecule has 0 aromatic heterocycles. The van der Waals surface area contributed by atoms with Gasteiger partial charge in [-0.05, 0) is 12.0 Å². The second-order valence-corrected chi connectivity index (χ2v) is 9.79. The van der Waals surface area contributed by atoms with Crippen LogP contribution in [-0.4, -0.2) is 19.8 Å². The lowest BCUT2D eigenvalue weighted by Gasteiger charge is -2.24. The second kappa shape index (κ2) is 5.54. The van der Waals surface area contributed by atoms with Crippen LogP contribution in [0.5, 0.6) is 0 Å². The van der Waals surface area contributed by atoms with Crippen LogP contribution >= 0.6 is 0 Å². The number of hydrogen-bond donors (Lipinski definition) is 1. The Hall–Kier alpha value is -0.0831. The molecule has 0 fully saturated rings. The summed E-state index contributed by atoms with van der Waals surface area (Å²) in [5, 5.41) is 8.61. The summed E-state index contributed by atoms with van der Waals surface area (Å²) in [7, 11) is -1.01. The minimum absolute atomic E-state index is 0.276. The molecule has 72 valence electrons. The van der Waals surface area contributed by atoms with E-state index < -0.39 is 8.07 Å². The van der Waals surface area contributed by atoms with Crippen LogP contribution in [0.15, 0.2) is 12.2 Å². The molecule has 0 heterocycles. The van der Waals surface area contributed by atoms with Gasteiger partial charge in [0.05, 0.1) is 8.07 Å². The van der Waals surface area contributed by atoms with Crippen molar-refractivity contribution in [3.05, 3.63) is 12.2 Å². The zero-order valence-electron chi connectivity index (χ0n) is 8.80. The lowest BCUT2D eigenvalue weighted by molar-refractivity contribution is 0.302. The summed E-state index contributed by atoms with van der Waals surface area (Å²) in [6.45, 7) is 9.70. The van der Waals surface area contributed by atoms with E-state index in [1.807, 2.05) is 0 Å².